The maximum atomic E-state index is 12.3. The third-order valence-corrected chi connectivity index (χ3v) is 4.20. The number of carbonyl (C=O) groups is 1. The summed E-state index contributed by atoms with van der Waals surface area (Å²) in [7, 11) is 0. The van der Waals surface area contributed by atoms with Crippen molar-refractivity contribution < 1.29 is 9.90 Å². The molecule has 2 aromatic rings. The largest absolute Gasteiger partial charge is 0.391 e. The Morgan fingerprint density at radius 1 is 1.14 bits per heavy atom. The maximum Gasteiger partial charge on any atom is 0.252 e. The first-order valence-electron chi connectivity index (χ1n) is 7.42. The summed E-state index contributed by atoms with van der Waals surface area (Å²) in [5, 5.41) is 12.9. The van der Waals surface area contributed by atoms with Crippen LogP contribution in [0.1, 0.15) is 22.8 Å². The summed E-state index contributed by atoms with van der Waals surface area (Å²) in [4.78, 5) is 13.2. The summed E-state index contributed by atoms with van der Waals surface area (Å²) in [5.74, 6) is 0.782. The monoisotopic (exact) mass is 315 g/mol. The van der Waals surface area contributed by atoms with Crippen LogP contribution in [0.4, 0.5) is 0 Å². The molecule has 2 N–H and O–H groups in total. The van der Waals surface area contributed by atoms with Crippen molar-refractivity contribution in [1.29, 1.82) is 0 Å². The molecule has 0 saturated heterocycles. The number of nitrogens with one attached hydrogen (secondary N) is 1. The number of thioether (sulfide) groups is 1. The topological polar surface area (TPSA) is 49.3 Å². The number of hydrogen-bond donors (Lipinski definition) is 2. The molecule has 2 aromatic carbocycles. The Labute approximate surface area is 135 Å². The number of hydrogen-bond acceptors (Lipinski definition) is 3. The van der Waals surface area contributed by atoms with Crippen molar-refractivity contribution >= 4 is 17.7 Å². The van der Waals surface area contributed by atoms with Crippen molar-refractivity contribution in [3.63, 3.8) is 0 Å². The molecular weight excluding hydrogens is 294 g/mol. The Hall–Kier alpha value is -1.78. The SMILES string of the molecule is CCSc1ccccc1C(=O)NC[C@@H](O)Cc1ccccc1. The van der Waals surface area contributed by atoms with Crippen molar-refractivity contribution in [2.45, 2.75) is 24.3 Å². The molecule has 22 heavy (non-hydrogen) atoms. The number of carbonyl (C=O) groups excluding carboxylic acids is 1. The van der Waals surface area contributed by atoms with Gasteiger partial charge in [-0.15, -0.1) is 11.8 Å². The molecule has 1 atom stereocenters. The second-order valence-electron chi connectivity index (χ2n) is 4.98. The normalized spacial score (nSPS) is 11.9. The minimum absolute atomic E-state index is 0.135. The van der Waals surface area contributed by atoms with Crippen LogP contribution in [0.15, 0.2) is 59.5 Å². The first kappa shape index (κ1) is 16.6. The van der Waals surface area contributed by atoms with Gasteiger partial charge in [-0.25, -0.2) is 0 Å². The van der Waals surface area contributed by atoms with E-state index in [0.717, 1.165) is 16.2 Å². The Balaban J connectivity index is 1.90. The molecule has 0 bridgehead atoms. The van der Waals surface area contributed by atoms with Crippen molar-refractivity contribution in [1.82, 2.24) is 5.32 Å². The van der Waals surface area contributed by atoms with Gasteiger partial charge >= 0.3 is 0 Å². The van der Waals surface area contributed by atoms with Crippen LogP contribution < -0.4 is 5.32 Å². The third kappa shape index (κ3) is 4.90. The van der Waals surface area contributed by atoms with E-state index >= 15 is 0 Å². The van der Waals surface area contributed by atoms with Crippen LogP contribution >= 0.6 is 11.8 Å². The van der Waals surface area contributed by atoms with Crippen molar-refractivity contribution in [2.24, 2.45) is 0 Å². The molecule has 0 aliphatic carbocycles. The molecule has 2 rings (SSSR count). The molecule has 3 nitrogen and oxygen atoms in total. The molecule has 0 saturated carbocycles. The van der Waals surface area contributed by atoms with E-state index in [4.69, 9.17) is 0 Å². The van der Waals surface area contributed by atoms with E-state index in [1.165, 1.54) is 0 Å². The van der Waals surface area contributed by atoms with Gasteiger partial charge in [-0.3, -0.25) is 4.79 Å². The van der Waals surface area contributed by atoms with Crippen LogP contribution in [0, 0.1) is 0 Å². The lowest BCUT2D eigenvalue weighted by Crippen LogP contribution is -2.33. The van der Waals surface area contributed by atoms with E-state index < -0.39 is 6.10 Å². The van der Waals surface area contributed by atoms with E-state index in [9.17, 15) is 9.90 Å². The Bertz CT molecular complexity index is 601. The number of rotatable bonds is 7. The summed E-state index contributed by atoms with van der Waals surface area (Å²) in [6, 6.07) is 17.3. The minimum Gasteiger partial charge on any atom is -0.391 e. The molecule has 0 radical (unpaired) electrons. The van der Waals surface area contributed by atoms with Gasteiger partial charge in [0.15, 0.2) is 0 Å². The molecule has 0 unspecified atom stereocenters. The zero-order valence-corrected chi connectivity index (χ0v) is 13.5. The highest BCUT2D eigenvalue weighted by molar-refractivity contribution is 7.99. The van der Waals surface area contributed by atoms with E-state index in [1.807, 2.05) is 54.6 Å². The Morgan fingerprint density at radius 2 is 1.82 bits per heavy atom. The highest BCUT2D eigenvalue weighted by Crippen LogP contribution is 2.22. The molecule has 0 aliphatic rings. The van der Waals surface area contributed by atoms with Crippen LogP contribution in [-0.2, 0) is 6.42 Å². The van der Waals surface area contributed by atoms with Crippen molar-refractivity contribution in [3.8, 4) is 0 Å². The van der Waals surface area contributed by atoms with Crippen LogP contribution in [-0.4, -0.2) is 29.4 Å². The molecule has 4 heteroatoms. The highest BCUT2D eigenvalue weighted by atomic mass is 32.2. The smallest absolute Gasteiger partial charge is 0.252 e. The lowest BCUT2D eigenvalue weighted by molar-refractivity contribution is 0.0913. The van der Waals surface area contributed by atoms with Gasteiger partial charge in [0.1, 0.15) is 0 Å². The molecule has 1 amide bonds. The lowest BCUT2D eigenvalue weighted by atomic mass is 10.1. The van der Waals surface area contributed by atoms with Gasteiger partial charge in [-0.05, 0) is 23.4 Å². The maximum absolute atomic E-state index is 12.3. The average Bonchev–Trinajstić information content (AvgIpc) is 2.54. The zero-order chi connectivity index (χ0) is 15.8. The van der Waals surface area contributed by atoms with Crippen LogP contribution in [0.2, 0.25) is 0 Å². The summed E-state index contributed by atoms with van der Waals surface area (Å²) in [5.41, 5.74) is 1.73. The van der Waals surface area contributed by atoms with Gasteiger partial charge in [-0.1, -0.05) is 49.4 Å². The summed E-state index contributed by atoms with van der Waals surface area (Å²) >= 11 is 1.64. The third-order valence-electron chi connectivity index (χ3n) is 3.24. The van der Waals surface area contributed by atoms with E-state index in [-0.39, 0.29) is 12.5 Å². The Morgan fingerprint density at radius 3 is 2.55 bits per heavy atom. The van der Waals surface area contributed by atoms with E-state index in [1.54, 1.807) is 11.8 Å². The van der Waals surface area contributed by atoms with Gasteiger partial charge in [0.2, 0.25) is 0 Å². The lowest BCUT2D eigenvalue weighted by Gasteiger charge is -2.13. The molecule has 0 spiro atoms. The first-order chi connectivity index (χ1) is 10.7. The zero-order valence-electron chi connectivity index (χ0n) is 12.7. The quantitative estimate of drug-likeness (QED) is 0.772. The predicted molar refractivity (Wildman–Crippen MR) is 91.3 cm³/mol. The number of benzene rings is 2. The molecule has 0 aliphatic heterocycles. The van der Waals surface area contributed by atoms with Gasteiger partial charge < -0.3 is 10.4 Å². The summed E-state index contributed by atoms with van der Waals surface area (Å²) in [6.45, 7) is 2.31. The summed E-state index contributed by atoms with van der Waals surface area (Å²) < 4.78 is 0. The summed E-state index contributed by atoms with van der Waals surface area (Å²) in [6.07, 6.45) is -0.0516. The van der Waals surface area contributed by atoms with Gasteiger partial charge in [0, 0.05) is 17.9 Å². The van der Waals surface area contributed by atoms with Gasteiger partial charge in [-0.2, -0.15) is 0 Å². The molecule has 0 heterocycles. The molecule has 0 fully saturated rings. The second kappa shape index (κ2) is 8.61. The fraction of sp³-hybridized carbons (Fsp3) is 0.278. The van der Waals surface area contributed by atoms with Crippen LogP contribution in [0.25, 0.3) is 0 Å². The fourth-order valence-electron chi connectivity index (χ4n) is 2.20. The average molecular weight is 315 g/mol. The van der Waals surface area contributed by atoms with Crippen molar-refractivity contribution in [3.05, 3.63) is 65.7 Å². The van der Waals surface area contributed by atoms with Crippen LogP contribution in [0.3, 0.4) is 0 Å². The number of aliphatic hydroxyl groups excluding tert-OH is 1. The fourth-order valence-corrected chi connectivity index (χ4v) is 3.00. The van der Waals surface area contributed by atoms with Crippen LogP contribution in [0.5, 0.6) is 0 Å². The van der Waals surface area contributed by atoms with Gasteiger partial charge in [0.05, 0.1) is 11.7 Å². The standard InChI is InChI=1S/C18H21NO2S/c1-2-22-17-11-7-6-10-16(17)18(21)19-13-15(20)12-14-8-4-3-5-9-14/h3-11,15,20H,2,12-13H2,1H3,(H,19,21)/t15-/m0/s1. The minimum atomic E-state index is -0.586. The van der Waals surface area contributed by atoms with Gasteiger partial charge in [0.25, 0.3) is 5.91 Å². The first-order valence-corrected chi connectivity index (χ1v) is 8.41. The molecule has 0 aromatic heterocycles. The van der Waals surface area contributed by atoms with E-state index in [2.05, 4.69) is 12.2 Å². The number of amides is 1. The van der Waals surface area contributed by atoms with E-state index in [0.29, 0.717) is 12.0 Å². The number of aliphatic hydroxyl groups is 1. The predicted octanol–water partition coefficient (Wildman–Crippen LogP) is 3.13. The van der Waals surface area contributed by atoms with Crippen molar-refractivity contribution in [2.75, 3.05) is 12.3 Å². The Kier molecular flexibility index (Phi) is 6.49. The highest BCUT2D eigenvalue weighted by Gasteiger charge is 2.12. The second-order valence-corrected chi connectivity index (χ2v) is 6.29. The molecule has 116 valence electrons. The molecular formula is C18H21NO2S.